The number of H-pyrrole nitrogens is 1. The predicted octanol–water partition coefficient (Wildman–Crippen LogP) is 4.30. The molecule has 3 rings (SSSR count). The molecule has 0 aliphatic carbocycles. The van der Waals surface area contributed by atoms with Crippen LogP contribution in [-0.4, -0.2) is 21.1 Å². The second-order valence-electron chi connectivity index (χ2n) is 6.18. The van der Waals surface area contributed by atoms with Crippen molar-refractivity contribution in [1.29, 1.82) is 5.26 Å². The fourth-order valence-electron chi connectivity index (χ4n) is 2.63. The molecule has 2 N–H and O–H groups in total. The zero-order valence-electron chi connectivity index (χ0n) is 15.2. The Hall–Kier alpha value is -3.04. The second kappa shape index (κ2) is 8.56. The molecule has 1 heterocycles. The summed E-state index contributed by atoms with van der Waals surface area (Å²) < 4.78 is 0. The van der Waals surface area contributed by atoms with E-state index < -0.39 is 0 Å². The minimum atomic E-state index is -0.355. The Morgan fingerprint density at radius 1 is 1.22 bits per heavy atom. The fourth-order valence-corrected chi connectivity index (χ4v) is 3.50. The van der Waals surface area contributed by atoms with Crippen molar-refractivity contribution in [2.45, 2.75) is 30.7 Å². The average Bonchev–Trinajstić information content (AvgIpc) is 3.01. The Bertz CT molecular complexity index is 975. The maximum atomic E-state index is 12.5. The molecule has 1 aromatic heterocycles. The second-order valence-corrected chi connectivity index (χ2v) is 7.51. The minimum Gasteiger partial charge on any atom is -0.337 e. The number of hydrogen-bond donors (Lipinski definition) is 2. The van der Waals surface area contributed by atoms with Gasteiger partial charge in [-0.05, 0) is 31.5 Å². The quantitative estimate of drug-likeness (QED) is 0.629. The molecule has 3 aromatic rings. The summed E-state index contributed by atoms with van der Waals surface area (Å²) >= 11 is 1.37. The van der Waals surface area contributed by atoms with Crippen LogP contribution in [0.1, 0.15) is 29.4 Å². The Morgan fingerprint density at radius 3 is 2.67 bits per heavy atom. The molecule has 0 fully saturated rings. The molecular weight excluding hydrogens is 356 g/mol. The number of nitrogens with zero attached hydrogens (tertiary/aromatic N) is 2. The van der Waals surface area contributed by atoms with Crippen molar-refractivity contribution in [2.24, 2.45) is 0 Å². The lowest BCUT2D eigenvalue weighted by atomic mass is 10.1. The zero-order valence-corrected chi connectivity index (χ0v) is 16.0. The van der Waals surface area contributed by atoms with E-state index in [4.69, 9.17) is 5.26 Å². The number of nitrogens with one attached hydrogen (secondary N) is 2. The van der Waals surface area contributed by atoms with Crippen LogP contribution in [0.15, 0.2) is 59.8 Å². The highest BCUT2D eigenvalue weighted by molar-refractivity contribution is 8.00. The SMILES string of the molecule is Cc1[nH]c(S[C@H](C)C(=O)Nc2ccccc2C#N)nc1Cc1ccccc1. The smallest absolute Gasteiger partial charge is 0.237 e. The summed E-state index contributed by atoms with van der Waals surface area (Å²) in [7, 11) is 0. The molecule has 0 aliphatic heterocycles. The van der Waals surface area contributed by atoms with E-state index in [0.717, 1.165) is 23.0 Å². The van der Waals surface area contributed by atoms with Gasteiger partial charge in [-0.1, -0.05) is 54.2 Å². The lowest BCUT2D eigenvalue weighted by molar-refractivity contribution is -0.115. The fraction of sp³-hybridized carbons (Fsp3) is 0.190. The first-order valence-electron chi connectivity index (χ1n) is 8.63. The summed E-state index contributed by atoms with van der Waals surface area (Å²) in [4.78, 5) is 20.4. The normalized spacial score (nSPS) is 11.6. The number of benzene rings is 2. The van der Waals surface area contributed by atoms with Crippen LogP contribution in [0.5, 0.6) is 0 Å². The van der Waals surface area contributed by atoms with Gasteiger partial charge in [-0.3, -0.25) is 4.79 Å². The third-order valence-electron chi connectivity index (χ3n) is 4.14. The van der Waals surface area contributed by atoms with Crippen molar-refractivity contribution in [2.75, 3.05) is 5.32 Å². The van der Waals surface area contributed by atoms with Gasteiger partial charge < -0.3 is 10.3 Å². The van der Waals surface area contributed by atoms with Crippen LogP contribution in [-0.2, 0) is 11.2 Å². The summed E-state index contributed by atoms with van der Waals surface area (Å²) in [5.74, 6) is -0.165. The third-order valence-corrected chi connectivity index (χ3v) is 5.13. The topological polar surface area (TPSA) is 81.6 Å². The third kappa shape index (κ3) is 4.78. The Labute approximate surface area is 162 Å². The molecule has 0 saturated carbocycles. The van der Waals surface area contributed by atoms with Crippen LogP contribution in [0.4, 0.5) is 5.69 Å². The van der Waals surface area contributed by atoms with Gasteiger partial charge in [0, 0.05) is 12.1 Å². The van der Waals surface area contributed by atoms with Crippen LogP contribution in [0, 0.1) is 18.3 Å². The highest BCUT2D eigenvalue weighted by atomic mass is 32.2. The summed E-state index contributed by atoms with van der Waals surface area (Å²) in [6, 6.07) is 19.2. The van der Waals surface area contributed by atoms with Crippen LogP contribution in [0.25, 0.3) is 0 Å². The molecule has 0 aliphatic rings. The monoisotopic (exact) mass is 376 g/mol. The maximum absolute atomic E-state index is 12.5. The Morgan fingerprint density at radius 2 is 1.93 bits per heavy atom. The molecule has 0 spiro atoms. The highest BCUT2D eigenvalue weighted by Crippen LogP contribution is 2.24. The van der Waals surface area contributed by atoms with Crippen molar-refractivity contribution >= 4 is 23.4 Å². The van der Waals surface area contributed by atoms with Crippen molar-refractivity contribution < 1.29 is 4.79 Å². The summed E-state index contributed by atoms with van der Waals surface area (Å²) in [6.07, 6.45) is 0.750. The van der Waals surface area contributed by atoms with Crippen molar-refractivity contribution in [1.82, 2.24) is 9.97 Å². The molecule has 0 unspecified atom stereocenters. The molecule has 1 atom stereocenters. The number of para-hydroxylation sites is 1. The number of thioether (sulfide) groups is 1. The van der Waals surface area contributed by atoms with Crippen LogP contribution in [0.3, 0.4) is 0 Å². The predicted molar refractivity (Wildman–Crippen MR) is 108 cm³/mol. The molecule has 1 amide bonds. The highest BCUT2D eigenvalue weighted by Gasteiger charge is 2.18. The molecule has 2 aromatic carbocycles. The summed E-state index contributed by atoms with van der Waals surface area (Å²) in [6.45, 7) is 3.81. The van der Waals surface area contributed by atoms with Gasteiger partial charge in [-0.2, -0.15) is 5.26 Å². The number of aromatic amines is 1. The Kier molecular flexibility index (Phi) is 5.94. The number of hydrogen-bond acceptors (Lipinski definition) is 4. The van der Waals surface area contributed by atoms with E-state index in [-0.39, 0.29) is 11.2 Å². The van der Waals surface area contributed by atoms with E-state index in [1.165, 1.54) is 17.3 Å². The first kappa shape index (κ1) is 18.7. The number of carbonyl (C=O) groups excluding carboxylic acids is 1. The van der Waals surface area contributed by atoms with Crippen molar-refractivity contribution in [3.8, 4) is 6.07 Å². The molecule has 0 radical (unpaired) electrons. The first-order chi connectivity index (χ1) is 13.1. The molecule has 136 valence electrons. The van der Waals surface area contributed by atoms with Gasteiger partial charge in [0.05, 0.1) is 22.2 Å². The number of aryl methyl sites for hydroxylation is 1. The van der Waals surface area contributed by atoms with Crippen LogP contribution in [0.2, 0.25) is 0 Å². The number of carbonyl (C=O) groups is 1. The van der Waals surface area contributed by atoms with Gasteiger partial charge >= 0.3 is 0 Å². The molecule has 6 heteroatoms. The van der Waals surface area contributed by atoms with Crippen LogP contribution < -0.4 is 5.32 Å². The van der Waals surface area contributed by atoms with E-state index in [0.29, 0.717) is 11.3 Å². The van der Waals surface area contributed by atoms with Crippen molar-refractivity contribution in [3.63, 3.8) is 0 Å². The number of imidazole rings is 1. The summed E-state index contributed by atoms with van der Waals surface area (Å²) in [5.41, 5.74) is 4.15. The van der Waals surface area contributed by atoms with Crippen LogP contribution >= 0.6 is 11.8 Å². The number of nitriles is 1. The number of anilines is 1. The van der Waals surface area contributed by atoms with E-state index >= 15 is 0 Å². The number of amides is 1. The lowest BCUT2D eigenvalue weighted by Crippen LogP contribution is -2.23. The van der Waals surface area contributed by atoms with E-state index in [1.807, 2.05) is 32.0 Å². The Balaban J connectivity index is 1.65. The standard InChI is InChI=1S/C21H20N4OS/c1-14-19(12-16-8-4-3-5-9-16)25-21(23-14)27-15(2)20(26)24-18-11-7-6-10-17(18)13-22/h3-11,15H,12H2,1-2H3,(H,23,25)(H,24,26)/t15-/m1/s1. The van der Waals surface area contributed by atoms with Gasteiger partial charge in [-0.25, -0.2) is 4.98 Å². The lowest BCUT2D eigenvalue weighted by Gasteiger charge is -2.11. The molecule has 0 bridgehead atoms. The zero-order chi connectivity index (χ0) is 19.2. The minimum absolute atomic E-state index is 0.165. The maximum Gasteiger partial charge on any atom is 0.237 e. The molecule has 5 nitrogen and oxygen atoms in total. The number of aromatic nitrogens is 2. The van der Waals surface area contributed by atoms with Gasteiger partial charge in [-0.15, -0.1) is 0 Å². The van der Waals surface area contributed by atoms with Crippen molar-refractivity contribution in [3.05, 3.63) is 77.1 Å². The van der Waals surface area contributed by atoms with Gasteiger partial charge in [0.25, 0.3) is 0 Å². The first-order valence-corrected chi connectivity index (χ1v) is 9.51. The largest absolute Gasteiger partial charge is 0.337 e. The summed E-state index contributed by atoms with van der Waals surface area (Å²) in [5, 5.41) is 12.3. The van der Waals surface area contributed by atoms with Gasteiger partial charge in [0.15, 0.2) is 5.16 Å². The van der Waals surface area contributed by atoms with E-state index in [2.05, 4.69) is 33.5 Å². The molecular formula is C21H20N4OS. The average molecular weight is 376 g/mol. The number of rotatable bonds is 6. The van der Waals surface area contributed by atoms with Gasteiger partial charge in [0.2, 0.25) is 5.91 Å². The van der Waals surface area contributed by atoms with Gasteiger partial charge in [0.1, 0.15) is 6.07 Å². The van der Waals surface area contributed by atoms with E-state index in [1.54, 1.807) is 24.3 Å². The molecule has 27 heavy (non-hydrogen) atoms. The van der Waals surface area contributed by atoms with E-state index in [9.17, 15) is 4.79 Å². The molecule has 0 saturated heterocycles.